The number of rotatable bonds is 11. The molecule has 1 aromatic heterocycles. The lowest BCUT2D eigenvalue weighted by Gasteiger charge is -2.21. The number of carbonyl (C=O) groups is 1. The summed E-state index contributed by atoms with van der Waals surface area (Å²) in [4.78, 5) is 23.5. The number of sulfonamides is 1. The van der Waals surface area contributed by atoms with Crippen molar-refractivity contribution < 1.29 is 27.8 Å². The van der Waals surface area contributed by atoms with Gasteiger partial charge in [-0.1, -0.05) is 6.07 Å². The van der Waals surface area contributed by atoms with E-state index in [1.165, 1.54) is 38.6 Å². The van der Waals surface area contributed by atoms with E-state index in [-0.39, 0.29) is 34.6 Å². The molecule has 2 aromatic carbocycles. The Morgan fingerprint density at radius 3 is 2.53 bits per heavy atom. The van der Waals surface area contributed by atoms with Crippen LogP contribution in [0.25, 0.3) is 0 Å². The number of nitrogens with one attached hydrogen (secondary N) is 2. The van der Waals surface area contributed by atoms with E-state index < -0.39 is 16.1 Å². The Kier molecular flexibility index (Phi) is 8.64. The van der Waals surface area contributed by atoms with Crippen LogP contribution in [0.1, 0.15) is 0 Å². The van der Waals surface area contributed by atoms with Crippen molar-refractivity contribution in [1.82, 2.24) is 19.6 Å². The van der Waals surface area contributed by atoms with E-state index in [9.17, 15) is 18.3 Å². The van der Waals surface area contributed by atoms with Crippen LogP contribution in [0.5, 0.6) is 11.5 Å². The number of nitrogens with zero attached hydrogens (tertiary/aromatic N) is 4. The molecule has 0 aliphatic heterocycles. The Hall–Kier alpha value is -3.94. The summed E-state index contributed by atoms with van der Waals surface area (Å²) in [5.74, 6) is 0.889. The maximum Gasteiger partial charge on any atom is 0.417 e. The van der Waals surface area contributed by atoms with Crippen LogP contribution in [0.3, 0.4) is 0 Å². The van der Waals surface area contributed by atoms with Crippen LogP contribution in [0.15, 0.2) is 59.6 Å². The highest BCUT2D eigenvalue weighted by Crippen LogP contribution is 2.36. The average molecular weight is 517 g/mol. The summed E-state index contributed by atoms with van der Waals surface area (Å²) in [7, 11) is 2.89. The van der Waals surface area contributed by atoms with E-state index in [1.54, 1.807) is 30.3 Å². The van der Waals surface area contributed by atoms with Gasteiger partial charge in [0.05, 0.1) is 24.8 Å². The third-order valence-corrected chi connectivity index (χ3v) is 6.40. The lowest BCUT2D eigenvalue weighted by molar-refractivity contribution is 0.204. The minimum absolute atomic E-state index is 0.0533. The number of anilines is 4. The van der Waals surface area contributed by atoms with E-state index in [4.69, 9.17) is 9.47 Å². The van der Waals surface area contributed by atoms with Crippen LogP contribution in [0, 0.1) is 0 Å². The molecule has 1 amide bonds. The van der Waals surface area contributed by atoms with Crippen LogP contribution in [0.4, 0.5) is 27.9 Å². The number of amides is 1. The van der Waals surface area contributed by atoms with Crippen molar-refractivity contribution in [1.29, 1.82) is 0 Å². The van der Waals surface area contributed by atoms with Gasteiger partial charge in [0.1, 0.15) is 17.3 Å². The van der Waals surface area contributed by atoms with Crippen molar-refractivity contribution in [3.05, 3.63) is 54.7 Å². The van der Waals surface area contributed by atoms with Gasteiger partial charge in [-0.2, -0.15) is 4.98 Å². The first-order valence-electron chi connectivity index (χ1n) is 10.7. The third-order valence-electron chi connectivity index (χ3n) is 4.94. The fraction of sp³-hybridized carbons (Fsp3) is 0.261. The van der Waals surface area contributed by atoms with Crippen molar-refractivity contribution in [3.63, 3.8) is 0 Å². The van der Waals surface area contributed by atoms with Crippen molar-refractivity contribution in [2.45, 2.75) is 4.90 Å². The van der Waals surface area contributed by atoms with E-state index in [2.05, 4.69) is 20.0 Å². The summed E-state index contributed by atoms with van der Waals surface area (Å²) in [6, 6.07) is 12.3. The number of benzene rings is 2. The molecule has 0 aliphatic carbocycles. The number of likely N-dealkylation sites (N-methyl/N-ethyl adjacent to an activating group) is 1. The molecule has 3 aromatic rings. The molecule has 36 heavy (non-hydrogen) atoms. The average Bonchev–Trinajstić information content (AvgIpc) is 2.84. The highest BCUT2D eigenvalue weighted by Gasteiger charge is 2.23. The molecule has 0 aliphatic rings. The second-order valence-corrected chi connectivity index (χ2v) is 9.52. The van der Waals surface area contributed by atoms with E-state index in [0.717, 1.165) is 4.90 Å². The van der Waals surface area contributed by atoms with Crippen molar-refractivity contribution in [2.24, 2.45) is 0 Å². The van der Waals surface area contributed by atoms with Gasteiger partial charge in [-0.3, -0.25) is 0 Å². The Labute approximate surface area is 209 Å². The summed E-state index contributed by atoms with van der Waals surface area (Å²) in [6.45, 7) is 0.814. The molecule has 0 bridgehead atoms. The summed E-state index contributed by atoms with van der Waals surface area (Å²) in [6.07, 6.45) is 0.0972. The van der Waals surface area contributed by atoms with Gasteiger partial charge in [-0.15, -0.1) is 0 Å². The molecular formula is C23H28N6O6S. The molecule has 0 fully saturated rings. The molecule has 3 rings (SSSR count). The molecule has 192 valence electrons. The zero-order valence-corrected chi connectivity index (χ0v) is 21.1. The molecule has 0 atom stereocenters. The Morgan fingerprint density at radius 1 is 1.08 bits per heavy atom. The van der Waals surface area contributed by atoms with Crippen molar-refractivity contribution in [2.75, 3.05) is 51.6 Å². The molecule has 3 N–H and O–H groups in total. The number of methoxy groups -OCH3 is 2. The highest BCUT2D eigenvalue weighted by molar-refractivity contribution is 7.89. The summed E-state index contributed by atoms with van der Waals surface area (Å²) in [5, 5.41) is 12.8. The van der Waals surface area contributed by atoms with Gasteiger partial charge in [0.25, 0.3) is 0 Å². The van der Waals surface area contributed by atoms with Crippen LogP contribution in [-0.2, 0) is 10.0 Å². The SMILES string of the molecule is COc1ccc(N(C(=O)O)c2ccnc(Nc3cccc(S(=O)(=O)NCCN(C)C)c3)n2)c(OC)c1. The fourth-order valence-electron chi connectivity index (χ4n) is 3.19. The molecule has 0 spiro atoms. The predicted molar refractivity (Wildman–Crippen MR) is 135 cm³/mol. The van der Waals surface area contributed by atoms with Crippen molar-refractivity contribution >= 4 is 39.3 Å². The first-order chi connectivity index (χ1) is 17.1. The second-order valence-electron chi connectivity index (χ2n) is 7.75. The van der Waals surface area contributed by atoms with E-state index >= 15 is 0 Å². The van der Waals surface area contributed by atoms with Gasteiger partial charge in [-0.25, -0.2) is 27.8 Å². The zero-order chi connectivity index (χ0) is 26.3. The van der Waals surface area contributed by atoms with Crippen LogP contribution < -0.4 is 24.4 Å². The first kappa shape index (κ1) is 26.7. The molecule has 0 saturated carbocycles. The predicted octanol–water partition coefficient (Wildman–Crippen LogP) is 2.89. The van der Waals surface area contributed by atoms with Crippen molar-refractivity contribution in [3.8, 4) is 11.5 Å². The van der Waals surface area contributed by atoms with Gasteiger partial charge >= 0.3 is 6.09 Å². The normalized spacial score (nSPS) is 11.2. The maximum atomic E-state index is 12.6. The lowest BCUT2D eigenvalue weighted by atomic mass is 10.2. The molecular weight excluding hydrogens is 488 g/mol. The lowest BCUT2D eigenvalue weighted by Crippen LogP contribution is -2.31. The molecule has 0 saturated heterocycles. The Bertz CT molecular complexity index is 1320. The molecule has 13 heteroatoms. The van der Waals surface area contributed by atoms with Crippen LogP contribution in [0.2, 0.25) is 0 Å². The first-order valence-corrected chi connectivity index (χ1v) is 12.2. The highest BCUT2D eigenvalue weighted by atomic mass is 32.2. The number of hydrogen-bond donors (Lipinski definition) is 3. The topological polar surface area (TPSA) is 146 Å². The standard InChI is InChI=1S/C23H28N6O6S/c1-28(2)13-12-25-36(32,33)18-7-5-6-16(14-18)26-22-24-11-10-21(27-22)29(23(30)31)19-9-8-17(34-3)15-20(19)35-4/h5-11,14-15,25H,12-13H2,1-4H3,(H,30,31)(H,24,26,27). The molecule has 0 radical (unpaired) electrons. The number of hydrogen-bond acceptors (Lipinski definition) is 9. The van der Waals surface area contributed by atoms with Gasteiger partial charge in [0, 0.05) is 37.1 Å². The van der Waals surface area contributed by atoms with Crippen LogP contribution in [-0.4, -0.2) is 75.9 Å². The van der Waals surface area contributed by atoms with Gasteiger partial charge in [0.15, 0.2) is 0 Å². The molecule has 1 heterocycles. The molecule has 0 unspecified atom stereocenters. The number of aromatic nitrogens is 2. The van der Waals surface area contributed by atoms with E-state index in [0.29, 0.717) is 18.0 Å². The van der Waals surface area contributed by atoms with Gasteiger partial charge < -0.3 is 24.8 Å². The maximum absolute atomic E-state index is 12.6. The molecule has 12 nitrogen and oxygen atoms in total. The van der Waals surface area contributed by atoms with Gasteiger partial charge in [0.2, 0.25) is 16.0 Å². The minimum atomic E-state index is -3.72. The minimum Gasteiger partial charge on any atom is -0.497 e. The quantitative estimate of drug-likeness (QED) is 0.348. The van der Waals surface area contributed by atoms with Crippen LogP contribution >= 0.6 is 0 Å². The third kappa shape index (κ3) is 6.59. The monoisotopic (exact) mass is 516 g/mol. The number of ether oxygens (including phenoxy) is 2. The smallest absolute Gasteiger partial charge is 0.417 e. The Morgan fingerprint density at radius 2 is 1.86 bits per heavy atom. The fourth-order valence-corrected chi connectivity index (χ4v) is 4.25. The number of carboxylic acid groups (broad SMARTS) is 1. The summed E-state index contributed by atoms with van der Waals surface area (Å²) in [5.41, 5.74) is 0.638. The largest absolute Gasteiger partial charge is 0.497 e. The summed E-state index contributed by atoms with van der Waals surface area (Å²) >= 11 is 0. The van der Waals surface area contributed by atoms with Gasteiger partial charge in [-0.05, 0) is 44.4 Å². The Balaban J connectivity index is 1.88. The summed E-state index contributed by atoms with van der Waals surface area (Å²) < 4.78 is 38.3. The zero-order valence-electron chi connectivity index (χ0n) is 20.3. The second kappa shape index (κ2) is 11.7. The van der Waals surface area contributed by atoms with E-state index in [1.807, 2.05) is 19.0 Å².